The number of hydrogen-bond acceptors (Lipinski definition) is 3. The van der Waals surface area contributed by atoms with Crippen molar-refractivity contribution < 1.29 is 14.3 Å². The Morgan fingerprint density at radius 1 is 1.21 bits per heavy atom. The van der Waals surface area contributed by atoms with Gasteiger partial charge < -0.3 is 10.1 Å². The number of carbonyl (C=O) groups is 2. The third-order valence-electron chi connectivity index (χ3n) is 2.56. The Morgan fingerprint density at radius 3 is 2.32 bits per heavy atom. The van der Waals surface area contributed by atoms with Crippen molar-refractivity contribution in [2.45, 2.75) is 26.8 Å². The smallest absolute Gasteiger partial charge is 0.308 e. The fraction of sp³-hybridized carbons (Fsp3) is 0.429. The molecule has 0 unspecified atom stereocenters. The summed E-state index contributed by atoms with van der Waals surface area (Å²) in [6.07, 6.45) is 0. The largest absolute Gasteiger partial charge is 0.455 e. The van der Waals surface area contributed by atoms with Crippen LogP contribution in [0.2, 0.25) is 0 Å². The maximum Gasteiger partial charge on any atom is 0.308 e. The van der Waals surface area contributed by atoms with Crippen molar-refractivity contribution >= 4 is 27.8 Å². The van der Waals surface area contributed by atoms with Gasteiger partial charge in [-0.3, -0.25) is 9.59 Å². The highest BCUT2D eigenvalue weighted by molar-refractivity contribution is 9.10. The second kappa shape index (κ2) is 7.28. The first-order valence-electron chi connectivity index (χ1n) is 6.11. The number of esters is 1. The minimum absolute atomic E-state index is 0.127. The molecule has 1 amide bonds. The lowest BCUT2D eigenvalue weighted by molar-refractivity contribution is -0.151. The number of carbonyl (C=O) groups excluding carboxylic acids is 2. The molecule has 19 heavy (non-hydrogen) atoms. The molecule has 104 valence electrons. The molecule has 1 atom stereocenters. The molecule has 0 aliphatic rings. The number of hydrogen-bond donors (Lipinski definition) is 1. The summed E-state index contributed by atoms with van der Waals surface area (Å²) in [6, 6.07) is 7.55. The van der Waals surface area contributed by atoms with Crippen molar-refractivity contribution in [3.05, 3.63) is 34.3 Å². The molecule has 0 heterocycles. The van der Waals surface area contributed by atoms with E-state index in [1.54, 1.807) is 13.8 Å². The molecule has 0 spiro atoms. The molecule has 5 heteroatoms. The van der Waals surface area contributed by atoms with E-state index < -0.39 is 0 Å². The van der Waals surface area contributed by atoms with Gasteiger partial charge in [0.1, 0.15) is 0 Å². The summed E-state index contributed by atoms with van der Waals surface area (Å²) < 4.78 is 5.85. The van der Waals surface area contributed by atoms with Gasteiger partial charge in [-0.1, -0.05) is 41.9 Å². The van der Waals surface area contributed by atoms with Crippen LogP contribution < -0.4 is 5.32 Å². The molecule has 1 aromatic rings. The summed E-state index contributed by atoms with van der Waals surface area (Å²) in [6.45, 7) is 5.10. The van der Waals surface area contributed by atoms with Gasteiger partial charge in [0.25, 0.3) is 5.91 Å². The van der Waals surface area contributed by atoms with Crippen LogP contribution in [0.1, 0.15) is 32.4 Å². The van der Waals surface area contributed by atoms with Gasteiger partial charge in [0.05, 0.1) is 12.0 Å². The minimum Gasteiger partial charge on any atom is -0.455 e. The lowest BCUT2D eigenvalue weighted by Crippen LogP contribution is -2.31. The number of amides is 1. The van der Waals surface area contributed by atoms with Gasteiger partial charge in [0, 0.05) is 4.47 Å². The predicted octanol–water partition coefficient (Wildman–Crippen LogP) is 2.83. The van der Waals surface area contributed by atoms with Crippen LogP contribution >= 0.6 is 15.9 Å². The van der Waals surface area contributed by atoms with E-state index >= 15 is 0 Å². The van der Waals surface area contributed by atoms with E-state index in [0.717, 1.165) is 10.0 Å². The zero-order valence-corrected chi connectivity index (χ0v) is 12.9. The van der Waals surface area contributed by atoms with Crippen LogP contribution in [0, 0.1) is 5.92 Å². The average Bonchev–Trinajstić information content (AvgIpc) is 2.36. The minimum atomic E-state index is -0.369. The lowest BCUT2D eigenvalue weighted by Gasteiger charge is -2.15. The quantitative estimate of drug-likeness (QED) is 0.846. The summed E-state index contributed by atoms with van der Waals surface area (Å²) in [7, 11) is 0. The van der Waals surface area contributed by atoms with E-state index in [2.05, 4.69) is 21.2 Å². The second-order valence-electron chi connectivity index (χ2n) is 4.60. The van der Waals surface area contributed by atoms with Gasteiger partial charge in [-0.15, -0.1) is 0 Å². The van der Waals surface area contributed by atoms with Crippen LogP contribution in [0.5, 0.6) is 0 Å². The molecule has 0 saturated heterocycles. The third-order valence-corrected chi connectivity index (χ3v) is 3.09. The maximum absolute atomic E-state index is 11.6. The Labute approximate surface area is 121 Å². The first-order chi connectivity index (χ1) is 8.90. The van der Waals surface area contributed by atoms with Crippen molar-refractivity contribution in [3.63, 3.8) is 0 Å². The molecule has 0 aromatic heterocycles. The third kappa shape index (κ3) is 5.42. The standard InChI is InChI=1S/C14H18BrNO3/c1-9(2)14(18)19-8-13(17)16-10(3)11-4-6-12(15)7-5-11/h4-7,9-10H,8H2,1-3H3,(H,16,17)/t10-/m1/s1. The number of ether oxygens (including phenoxy) is 1. The van der Waals surface area contributed by atoms with E-state index in [4.69, 9.17) is 4.74 Å². The number of halogens is 1. The highest BCUT2D eigenvalue weighted by Crippen LogP contribution is 2.16. The van der Waals surface area contributed by atoms with E-state index in [0.29, 0.717) is 0 Å². The summed E-state index contributed by atoms with van der Waals surface area (Å²) in [4.78, 5) is 22.9. The van der Waals surface area contributed by atoms with E-state index in [1.165, 1.54) is 0 Å². The molecule has 1 aromatic carbocycles. The van der Waals surface area contributed by atoms with Crippen molar-refractivity contribution in [1.82, 2.24) is 5.32 Å². The topological polar surface area (TPSA) is 55.4 Å². The number of nitrogens with one attached hydrogen (secondary N) is 1. The molecule has 0 aliphatic heterocycles. The Bertz CT molecular complexity index is 443. The van der Waals surface area contributed by atoms with Gasteiger partial charge in [-0.25, -0.2) is 0 Å². The molecule has 1 rings (SSSR count). The fourth-order valence-corrected chi connectivity index (χ4v) is 1.69. The fourth-order valence-electron chi connectivity index (χ4n) is 1.42. The van der Waals surface area contributed by atoms with Crippen LogP contribution in [-0.4, -0.2) is 18.5 Å². The van der Waals surface area contributed by atoms with Crippen molar-refractivity contribution in [1.29, 1.82) is 0 Å². The summed E-state index contributed by atoms with van der Waals surface area (Å²) >= 11 is 3.35. The zero-order chi connectivity index (χ0) is 14.4. The SMILES string of the molecule is CC(C)C(=O)OCC(=O)N[C@H](C)c1ccc(Br)cc1. The van der Waals surface area contributed by atoms with Gasteiger partial charge >= 0.3 is 5.97 Å². The van der Waals surface area contributed by atoms with E-state index in [1.807, 2.05) is 31.2 Å². The highest BCUT2D eigenvalue weighted by Gasteiger charge is 2.13. The molecule has 0 radical (unpaired) electrons. The molecular weight excluding hydrogens is 310 g/mol. The summed E-state index contributed by atoms with van der Waals surface area (Å²) in [5.41, 5.74) is 0.992. The van der Waals surface area contributed by atoms with Crippen LogP contribution in [0.25, 0.3) is 0 Å². The predicted molar refractivity (Wildman–Crippen MR) is 76.5 cm³/mol. The van der Waals surface area contributed by atoms with Crippen LogP contribution in [0.15, 0.2) is 28.7 Å². The first-order valence-corrected chi connectivity index (χ1v) is 6.91. The highest BCUT2D eigenvalue weighted by atomic mass is 79.9. The molecule has 0 fully saturated rings. The molecule has 1 N–H and O–H groups in total. The first kappa shape index (κ1) is 15.7. The maximum atomic E-state index is 11.6. The van der Waals surface area contributed by atoms with E-state index in [-0.39, 0.29) is 30.4 Å². The Balaban J connectivity index is 2.44. The molecule has 0 bridgehead atoms. The summed E-state index contributed by atoms with van der Waals surface area (Å²) in [5, 5.41) is 2.78. The van der Waals surface area contributed by atoms with Crippen LogP contribution in [0.3, 0.4) is 0 Å². The van der Waals surface area contributed by atoms with Crippen molar-refractivity contribution in [2.24, 2.45) is 5.92 Å². The Kier molecular flexibility index (Phi) is 6.02. The molecule has 0 aliphatic carbocycles. The molecule has 0 saturated carbocycles. The molecular formula is C14H18BrNO3. The van der Waals surface area contributed by atoms with Crippen molar-refractivity contribution in [3.8, 4) is 0 Å². The summed E-state index contributed by atoms with van der Waals surface area (Å²) in [5.74, 6) is -0.896. The lowest BCUT2D eigenvalue weighted by atomic mass is 10.1. The van der Waals surface area contributed by atoms with Gasteiger partial charge in [0.2, 0.25) is 0 Å². The zero-order valence-electron chi connectivity index (χ0n) is 11.3. The van der Waals surface area contributed by atoms with Crippen LogP contribution in [-0.2, 0) is 14.3 Å². The van der Waals surface area contributed by atoms with E-state index in [9.17, 15) is 9.59 Å². The van der Waals surface area contributed by atoms with Gasteiger partial charge in [0.15, 0.2) is 6.61 Å². The normalized spacial score (nSPS) is 12.1. The number of benzene rings is 1. The average molecular weight is 328 g/mol. The second-order valence-corrected chi connectivity index (χ2v) is 5.52. The van der Waals surface area contributed by atoms with Crippen molar-refractivity contribution in [2.75, 3.05) is 6.61 Å². The van der Waals surface area contributed by atoms with Gasteiger partial charge in [-0.2, -0.15) is 0 Å². The van der Waals surface area contributed by atoms with Gasteiger partial charge in [-0.05, 0) is 24.6 Å². The Morgan fingerprint density at radius 2 is 1.79 bits per heavy atom. The molecule has 4 nitrogen and oxygen atoms in total. The van der Waals surface area contributed by atoms with Crippen LogP contribution in [0.4, 0.5) is 0 Å². The monoisotopic (exact) mass is 327 g/mol. The Hall–Kier alpha value is -1.36. The number of rotatable bonds is 5.